The first-order chi connectivity index (χ1) is 7.31. The van der Waals surface area contributed by atoms with Gasteiger partial charge in [-0.2, -0.15) is 0 Å². The third-order valence-electron chi connectivity index (χ3n) is 2.97. The topological polar surface area (TPSA) is 23.5 Å². The summed E-state index contributed by atoms with van der Waals surface area (Å²) in [5.74, 6) is -0.201. The molecule has 0 radical (unpaired) electrons. The summed E-state index contributed by atoms with van der Waals surface area (Å²) in [5.41, 5.74) is 1.36. The maximum absolute atomic E-state index is 13.6. The Bertz CT molecular complexity index is 334. The number of hydrogen-bond acceptors (Lipinski definition) is 2. The van der Waals surface area contributed by atoms with Gasteiger partial charge in [0, 0.05) is 12.1 Å². The number of aliphatic hydroxyl groups excluding tert-OH is 1. The lowest BCUT2D eigenvalue weighted by Gasteiger charge is -2.17. The van der Waals surface area contributed by atoms with Crippen molar-refractivity contribution in [1.29, 1.82) is 0 Å². The van der Waals surface area contributed by atoms with Gasteiger partial charge in [0.2, 0.25) is 0 Å². The molecule has 1 N–H and O–H groups in total. The molecule has 2 rings (SSSR count). The van der Waals surface area contributed by atoms with Gasteiger partial charge in [0.25, 0.3) is 0 Å². The highest BCUT2D eigenvalue weighted by atomic mass is 19.1. The van der Waals surface area contributed by atoms with Crippen molar-refractivity contribution in [3.8, 4) is 0 Å². The number of nitrogens with zero attached hydrogens (tertiary/aromatic N) is 1. The molecular weight excluding hydrogens is 193 g/mol. The summed E-state index contributed by atoms with van der Waals surface area (Å²) < 4.78 is 13.6. The zero-order valence-electron chi connectivity index (χ0n) is 8.75. The normalized spacial score (nSPS) is 17.2. The van der Waals surface area contributed by atoms with E-state index in [2.05, 4.69) is 4.90 Å². The quantitative estimate of drug-likeness (QED) is 0.822. The molecule has 0 saturated carbocycles. The third-order valence-corrected chi connectivity index (χ3v) is 2.97. The molecule has 1 aromatic rings. The van der Waals surface area contributed by atoms with Crippen molar-refractivity contribution >= 4 is 0 Å². The summed E-state index contributed by atoms with van der Waals surface area (Å²) in [4.78, 5) is 2.23. The maximum atomic E-state index is 13.6. The molecule has 15 heavy (non-hydrogen) atoms. The minimum Gasteiger partial charge on any atom is -0.392 e. The fraction of sp³-hybridized carbons (Fsp3) is 0.500. The Morgan fingerprint density at radius 1 is 1.27 bits per heavy atom. The fourth-order valence-corrected chi connectivity index (χ4v) is 2.09. The molecule has 2 nitrogen and oxygen atoms in total. The second-order valence-corrected chi connectivity index (χ2v) is 4.02. The van der Waals surface area contributed by atoms with Crippen molar-refractivity contribution < 1.29 is 9.50 Å². The van der Waals surface area contributed by atoms with Crippen molar-refractivity contribution in [1.82, 2.24) is 4.90 Å². The van der Waals surface area contributed by atoms with Gasteiger partial charge in [-0.1, -0.05) is 12.1 Å². The maximum Gasteiger partial charge on any atom is 0.128 e. The lowest BCUT2D eigenvalue weighted by molar-refractivity contribution is 0.273. The van der Waals surface area contributed by atoms with E-state index in [9.17, 15) is 4.39 Å². The van der Waals surface area contributed by atoms with Crippen LogP contribution in [0.3, 0.4) is 0 Å². The van der Waals surface area contributed by atoms with E-state index in [1.54, 1.807) is 12.1 Å². The molecule has 3 heteroatoms. The summed E-state index contributed by atoms with van der Waals surface area (Å²) in [7, 11) is 0. The van der Waals surface area contributed by atoms with Gasteiger partial charge in [0.1, 0.15) is 5.82 Å². The van der Waals surface area contributed by atoms with Crippen LogP contribution >= 0.6 is 0 Å². The van der Waals surface area contributed by atoms with Crippen molar-refractivity contribution in [2.24, 2.45) is 0 Å². The van der Waals surface area contributed by atoms with Gasteiger partial charge in [-0.3, -0.25) is 4.90 Å². The Morgan fingerprint density at radius 3 is 2.67 bits per heavy atom. The van der Waals surface area contributed by atoms with Crippen LogP contribution in [0.25, 0.3) is 0 Å². The monoisotopic (exact) mass is 209 g/mol. The van der Waals surface area contributed by atoms with E-state index in [-0.39, 0.29) is 12.4 Å². The minimum absolute atomic E-state index is 0.0824. The molecule has 0 bridgehead atoms. The summed E-state index contributed by atoms with van der Waals surface area (Å²) in [5, 5.41) is 9.13. The molecule has 1 heterocycles. The fourth-order valence-electron chi connectivity index (χ4n) is 2.09. The van der Waals surface area contributed by atoms with Crippen LogP contribution in [0, 0.1) is 5.82 Å². The smallest absolute Gasteiger partial charge is 0.128 e. The second kappa shape index (κ2) is 4.73. The summed E-state index contributed by atoms with van der Waals surface area (Å²) in [6.07, 6.45) is 2.39. The lowest BCUT2D eigenvalue weighted by Crippen LogP contribution is -2.20. The van der Waals surface area contributed by atoms with Crippen LogP contribution in [-0.4, -0.2) is 23.1 Å². The zero-order valence-corrected chi connectivity index (χ0v) is 8.75. The zero-order chi connectivity index (χ0) is 10.7. The molecule has 0 amide bonds. The molecular formula is C12H16FNO. The summed E-state index contributed by atoms with van der Waals surface area (Å²) in [6, 6.07) is 4.90. The highest BCUT2D eigenvalue weighted by Gasteiger charge is 2.15. The standard InChI is InChI=1S/C12H16FNO/c13-12-5-3-4-10(9-15)11(12)8-14-6-1-2-7-14/h3-5,15H,1-2,6-9H2. The lowest BCUT2D eigenvalue weighted by atomic mass is 10.1. The van der Waals surface area contributed by atoms with Crippen molar-refractivity contribution in [2.75, 3.05) is 13.1 Å². The van der Waals surface area contributed by atoms with Gasteiger partial charge in [-0.25, -0.2) is 4.39 Å². The first kappa shape index (κ1) is 10.6. The molecule has 1 fully saturated rings. The first-order valence-corrected chi connectivity index (χ1v) is 5.41. The molecule has 1 aliphatic heterocycles. The Hall–Kier alpha value is -0.930. The van der Waals surface area contributed by atoms with Crippen LogP contribution < -0.4 is 0 Å². The van der Waals surface area contributed by atoms with Gasteiger partial charge in [-0.15, -0.1) is 0 Å². The number of likely N-dealkylation sites (tertiary alicyclic amines) is 1. The van der Waals surface area contributed by atoms with Crippen molar-refractivity contribution in [3.63, 3.8) is 0 Å². The average Bonchev–Trinajstić information content (AvgIpc) is 2.74. The van der Waals surface area contributed by atoms with E-state index in [4.69, 9.17) is 5.11 Å². The third kappa shape index (κ3) is 2.36. The minimum atomic E-state index is -0.201. The Kier molecular flexibility index (Phi) is 3.34. The Balaban J connectivity index is 2.17. The molecule has 0 aliphatic carbocycles. The molecule has 1 aliphatic rings. The van der Waals surface area contributed by atoms with Gasteiger partial charge in [-0.05, 0) is 37.6 Å². The molecule has 0 unspecified atom stereocenters. The van der Waals surface area contributed by atoms with Crippen LogP contribution in [0.1, 0.15) is 24.0 Å². The van der Waals surface area contributed by atoms with Gasteiger partial charge < -0.3 is 5.11 Å². The highest BCUT2D eigenvalue weighted by molar-refractivity contribution is 5.28. The van der Waals surface area contributed by atoms with E-state index in [0.29, 0.717) is 17.7 Å². The molecule has 1 saturated heterocycles. The van der Waals surface area contributed by atoms with Crippen LogP contribution in [0.15, 0.2) is 18.2 Å². The van der Waals surface area contributed by atoms with E-state index in [0.717, 1.165) is 13.1 Å². The Labute approximate surface area is 89.3 Å². The summed E-state index contributed by atoms with van der Waals surface area (Å²) >= 11 is 0. The van der Waals surface area contributed by atoms with Crippen LogP contribution in [0.4, 0.5) is 4.39 Å². The van der Waals surface area contributed by atoms with E-state index in [1.807, 2.05) is 0 Å². The Morgan fingerprint density at radius 2 is 2.00 bits per heavy atom. The van der Waals surface area contributed by atoms with Crippen molar-refractivity contribution in [2.45, 2.75) is 26.0 Å². The molecule has 1 aromatic carbocycles. The number of rotatable bonds is 3. The first-order valence-electron chi connectivity index (χ1n) is 5.41. The van der Waals surface area contributed by atoms with Gasteiger partial charge >= 0.3 is 0 Å². The molecule has 0 spiro atoms. The van der Waals surface area contributed by atoms with E-state index in [1.165, 1.54) is 18.9 Å². The van der Waals surface area contributed by atoms with E-state index >= 15 is 0 Å². The second-order valence-electron chi connectivity index (χ2n) is 4.02. The predicted molar refractivity (Wildman–Crippen MR) is 56.8 cm³/mol. The van der Waals surface area contributed by atoms with Crippen LogP contribution in [-0.2, 0) is 13.2 Å². The number of halogens is 1. The largest absolute Gasteiger partial charge is 0.392 e. The van der Waals surface area contributed by atoms with E-state index < -0.39 is 0 Å². The predicted octanol–water partition coefficient (Wildman–Crippen LogP) is 1.91. The molecule has 0 aromatic heterocycles. The summed E-state index contributed by atoms with van der Waals surface area (Å²) in [6.45, 7) is 2.63. The van der Waals surface area contributed by atoms with Crippen molar-refractivity contribution in [3.05, 3.63) is 35.1 Å². The SMILES string of the molecule is OCc1cccc(F)c1CN1CCCC1. The van der Waals surface area contributed by atoms with Crippen LogP contribution in [0.5, 0.6) is 0 Å². The van der Waals surface area contributed by atoms with Crippen LogP contribution in [0.2, 0.25) is 0 Å². The average molecular weight is 209 g/mol. The highest BCUT2D eigenvalue weighted by Crippen LogP contribution is 2.18. The number of benzene rings is 1. The molecule has 82 valence electrons. The molecule has 0 atom stereocenters. The number of hydrogen-bond donors (Lipinski definition) is 1. The van der Waals surface area contributed by atoms with Gasteiger partial charge in [0.15, 0.2) is 0 Å². The number of aliphatic hydroxyl groups is 1. The van der Waals surface area contributed by atoms with Gasteiger partial charge in [0.05, 0.1) is 6.61 Å².